The van der Waals surface area contributed by atoms with Gasteiger partial charge in [-0.2, -0.15) is 0 Å². The molecule has 90 valence electrons. The third-order valence-electron chi connectivity index (χ3n) is 3.69. The second kappa shape index (κ2) is 5.31. The fourth-order valence-electron chi connectivity index (χ4n) is 2.93. The van der Waals surface area contributed by atoms with Crippen molar-refractivity contribution in [2.45, 2.75) is 46.1 Å². The van der Waals surface area contributed by atoms with Gasteiger partial charge in [0.05, 0.1) is 0 Å². The molecule has 2 atom stereocenters. The van der Waals surface area contributed by atoms with Crippen LogP contribution >= 0.6 is 0 Å². The van der Waals surface area contributed by atoms with E-state index in [0.29, 0.717) is 11.5 Å². The summed E-state index contributed by atoms with van der Waals surface area (Å²) in [5.74, 6) is 0.835. The maximum atomic E-state index is 3.75. The molecular weight excluding hydrogens is 184 g/mol. The molecule has 1 saturated carbocycles. The van der Waals surface area contributed by atoms with Crippen LogP contribution in [0.15, 0.2) is 0 Å². The van der Waals surface area contributed by atoms with Crippen LogP contribution in [0.3, 0.4) is 0 Å². The first-order chi connectivity index (χ1) is 6.97. The van der Waals surface area contributed by atoms with Gasteiger partial charge in [0.25, 0.3) is 0 Å². The van der Waals surface area contributed by atoms with E-state index in [-0.39, 0.29) is 0 Å². The van der Waals surface area contributed by atoms with Gasteiger partial charge in [-0.15, -0.1) is 0 Å². The number of hydrogen-bond acceptors (Lipinski definition) is 2. The highest BCUT2D eigenvalue weighted by Gasteiger charge is 2.41. The Hall–Kier alpha value is -0.0800. The molecule has 0 aromatic carbocycles. The average Bonchev–Trinajstić information content (AvgIpc) is 2.38. The van der Waals surface area contributed by atoms with E-state index in [0.717, 1.165) is 12.5 Å². The lowest BCUT2D eigenvalue weighted by Gasteiger charge is -2.33. The summed E-state index contributed by atoms with van der Waals surface area (Å²) < 4.78 is 0. The van der Waals surface area contributed by atoms with Crippen molar-refractivity contribution in [3.05, 3.63) is 0 Å². The first-order valence-corrected chi connectivity index (χ1v) is 6.35. The van der Waals surface area contributed by atoms with Crippen LogP contribution in [0.2, 0.25) is 0 Å². The van der Waals surface area contributed by atoms with E-state index in [4.69, 9.17) is 0 Å². The largest absolute Gasteiger partial charge is 0.313 e. The molecule has 0 bridgehead atoms. The quantitative estimate of drug-likeness (QED) is 0.752. The van der Waals surface area contributed by atoms with Gasteiger partial charge in [0.15, 0.2) is 0 Å². The maximum absolute atomic E-state index is 3.75. The van der Waals surface area contributed by atoms with Gasteiger partial charge in [0.2, 0.25) is 0 Å². The lowest BCUT2D eigenvalue weighted by atomic mass is 9.84. The second-order valence-corrected chi connectivity index (χ2v) is 5.98. The predicted octanol–water partition coefficient (Wildman–Crippen LogP) is 2.35. The van der Waals surface area contributed by atoms with Crippen molar-refractivity contribution in [2.24, 2.45) is 11.3 Å². The van der Waals surface area contributed by atoms with Gasteiger partial charge < -0.3 is 10.2 Å². The van der Waals surface area contributed by atoms with Crippen LogP contribution in [-0.2, 0) is 0 Å². The third-order valence-corrected chi connectivity index (χ3v) is 3.69. The van der Waals surface area contributed by atoms with Gasteiger partial charge in [-0.25, -0.2) is 0 Å². The van der Waals surface area contributed by atoms with E-state index in [1.54, 1.807) is 0 Å². The highest BCUT2D eigenvalue weighted by Crippen LogP contribution is 2.41. The van der Waals surface area contributed by atoms with Crippen molar-refractivity contribution in [1.82, 2.24) is 10.2 Å². The van der Waals surface area contributed by atoms with Gasteiger partial charge in [-0.05, 0) is 51.2 Å². The number of rotatable bonds is 5. The van der Waals surface area contributed by atoms with E-state index in [1.807, 2.05) is 0 Å². The minimum absolute atomic E-state index is 0.482. The van der Waals surface area contributed by atoms with Crippen LogP contribution in [0.5, 0.6) is 0 Å². The van der Waals surface area contributed by atoms with E-state index in [9.17, 15) is 0 Å². The van der Waals surface area contributed by atoms with E-state index < -0.39 is 0 Å². The van der Waals surface area contributed by atoms with Crippen molar-refractivity contribution in [3.8, 4) is 0 Å². The monoisotopic (exact) mass is 212 g/mol. The minimum atomic E-state index is 0.482. The van der Waals surface area contributed by atoms with Gasteiger partial charge in [0, 0.05) is 12.6 Å². The Morgan fingerprint density at radius 1 is 1.33 bits per heavy atom. The summed E-state index contributed by atoms with van der Waals surface area (Å²) in [6.07, 6.45) is 3.99. The molecular formula is C13H28N2. The molecule has 2 heteroatoms. The Balaban J connectivity index is 2.55. The first-order valence-electron chi connectivity index (χ1n) is 6.35. The highest BCUT2D eigenvalue weighted by molar-refractivity contribution is 4.96. The van der Waals surface area contributed by atoms with Crippen molar-refractivity contribution >= 4 is 0 Å². The fourth-order valence-corrected chi connectivity index (χ4v) is 2.93. The van der Waals surface area contributed by atoms with E-state index in [2.05, 4.69) is 45.1 Å². The first kappa shape index (κ1) is 13.0. The molecule has 1 fully saturated rings. The normalized spacial score (nSPS) is 30.0. The summed E-state index contributed by atoms with van der Waals surface area (Å²) in [7, 11) is 4.37. The fraction of sp³-hybridized carbons (Fsp3) is 1.00. The van der Waals surface area contributed by atoms with E-state index in [1.165, 1.54) is 25.8 Å². The molecule has 0 heterocycles. The average molecular weight is 212 g/mol. The van der Waals surface area contributed by atoms with Gasteiger partial charge in [-0.1, -0.05) is 20.8 Å². The number of nitrogens with zero attached hydrogens (tertiary/aromatic N) is 1. The van der Waals surface area contributed by atoms with Crippen LogP contribution in [0.25, 0.3) is 0 Å². The van der Waals surface area contributed by atoms with Crippen molar-refractivity contribution in [2.75, 3.05) is 27.2 Å². The zero-order chi connectivity index (χ0) is 11.5. The van der Waals surface area contributed by atoms with Gasteiger partial charge >= 0.3 is 0 Å². The summed E-state index contributed by atoms with van der Waals surface area (Å²) in [6.45, 7) is 9.46. The molecule has 15 heavy (non-hydrogen) atoms. The van der Waals surface area contributed by atoms with Crippen molar-refractivity contribution in [3.63, 3.8) is 0 Å². The molecule has 0 radical (unpaired) electrons. The Morgan fingerprint density at radius 3 is 2.53 bits per heavy atom. The molecule has 2 nitrogen and oxygen atoms in total. The molecule has 1 N–H and O–H groups in total. The lowest BCUT2D eigenvalue weighted by Crippen LogP contribution is -2.45. The molecule has 0 spiro atoms. The minimum Gasteiger partial charge on any atom is -0.313 e. The number of nitrogens with one attached hydrogen (secondary N) is 1. The van der Waals surface area contributed by atoms with Gasteiger partial charge in [0.1, 0.15) is 0 Å². The summed E-state index contributed by atoms with van der Waals surface area (Å²) in [4.78, 5) is 2.33. The van der Waals surface area contributed by atoms with Crippen LogP contribution in [0, 0.1) is 11.3 Å². The van der Waals surface area contributed by atoms with Crippen LogP contribution < -0.4 is 5.32 Å². The van der Waals surface area contributed by atoms with Crippen LogP contribution in [-0.4, -0.2) is 38.1 Å². The summed E-state index contributed by atoms with van der Waals surface area (Å²) in [6, 6.07) is 0.708. The van der Waals surface area contributed by atoms with Gasteiger partial charge in [-0.3, -0.25) is 0 Å². The maximum Gasteiger partial charge on any atom is 0.0159 e. The molecule has 0 aliphatic heterocycles. The Labute approximate surface area is 95.4 Å². The highest BCUT2D eigenvalue weighted by atomic mass is 15.1. The molecule has 0 amide bonds. The molecule has 0 aromatic rings. The zero-order valence-corrected chi connectivity index (χ0v) is 11.1. The molecule has 0 aromatic heterocycles. The Morgan fingerprint density at radius 2 is 2.00 bits per heavy atom. The SMILES string of the molecule is CCCNC1C(CN(C)C)CCC1(C)C. The smallest absolute Gasteiger partial charge is 0.0159 e. The standard InChI is InChI=1S/C13H28N2/c1-6-9-14-12-11(10-15(4)5)7-8-13(12,2)3/h11-12,14H,6-10H2,1-5H3. The molecule has 2 unspecified atom stereocenters. The van der Waals surface area contributed by atoms with E-state index >= 15 is 0 Å². The van der Waals surface area contributed by atoms with Crippen molar-refractivity contribution in [1.29, 1.82) is 0 Å². The van der Waals surface area contributed by atoms with Crippen molar-refractivity contribution < 1.29 is 0 Å². The van der Waals surface area contributed by atoms with Crippen LogP contribution in [0.4, 0.5) is 0 Å². The molecule has 0 saturated heterocycles. The predicted molar refractivity (Wildman–Crippen MR) is 67.1 cm³/mol. The second-order valence-electron chi connectivity index (χ2n) is 5.98. The molecule has 1 aliphatic carbocycles. The van der Waals surface area contributed by atoms with Crippen LogP contribution in [0.1, 0.15) is 40.0 Å². The molecule has 1 aliphatic rings. The zero-order valence-electron chi connectivity index (χ0n) is 11.1. The third kappa shape index (κ3) is 3.46. The Kier molecular flexibility index (Phi) is 4.60. The molecule has 1 rings (SSSR count). The Bertz CT molecular complexity index is 187. The summed E-state index contributed by atoms with van der Waals surface area (Å²) >= 11 is 0. The summed E-state index contributed by atoms with van der Waals surface area (Å²) in [5.41, 5.74) is 0.482. The lowest BCUT2D eigenvalue weighted by molar-refractivity contribution is 0.218. The number of hydrogen-bond donors (Lipinski definition) is 1. The summed E-state index contributed by atoms with van der Waals surface area (Å²) in [5, 5.41) is 3.75. The topological polar surface area (TPSA) is 15.3 Å².